The highest BCUT2D eigenvalue weighted by Crippen LogP contribution is 2.16. The van der Waals surface area contributed by atoms with Gasteiger partial charge in [-0.2, -0.15) is 11.8 Å². The van der Waals surface area contributed by atoms with Gasteiger partial charge in [-0.1, -0.05) is 6.07 Å². The number of esters is 1. The smallest absolute Gasteiger partial charge is 0.307 e. The molecule has 142 valence electrons. The van der Waals surface area contributed by atoms with Gasteiger partial charge < -0.3 is 15.4 Å². The van der Waals surface area contributed by atoms with Crippen LogP contribution in [0.4, 0.5) is 4.39 Å². The van der Waals surface area contributed by atoms with Gasteiger partial charge >= 0.3 is 5.97 Å². The Hall–Kier alpha value is -1.03. The van der Waals surface area contributed by atoms with Crippen molar-refractivity contribution in [2.75, 3.05) is 19.8 Å². The molecular formula is C17H27FIN3O2S. The largest absolute Gasteiger partial charge is 0.463 e. The number of carbonyl (C=O) groups excluding carboxylic acids is 1. The van der Waals surface area contributed by atoms with E-state index in [1.165, 1.54) is 6.07 Å². The Balaban J connectivity index is 0.00000576. The molecule has 0 saturated heterocycles. The molecule has 0 aliphatic rings. The first-order valence-electron chi connectivity index (χ1n) is 7.86. The van der Waals surface area contributed by atoms with Crippen LogP contribution in [0, 0.1) is 5.82 Å². The maximum absolute atomic E-state index is 13.4. The van der Waals surface area contributed by atoms with Gasteiger partial charge in [-0.25, -0.2) is 4.39 Å². The molecule has 0 saturated carbocycles. The summed E-state index contributed by atoms with van der Waals surface area (Å²) in [6.07, 6.45) is 2.15. The van der Waals surface area contributed by atoms with Gasteiger partial charge in [0.2, 0.25) is 0 Å². The molecular weight excluding hydrogens is 456 g/mol. The number of rotatable bonds is 8. The Morgan fingerprint density at radius 2 is 2.04 bits per heavy atom. The number of benzene rings is 1. The molecule has 0 aromatic heterocycles. The number of halogens is 2. The van der Waals surface area contributed by atoms with Gasteiger partial charge in [0.05, 0.1) is 12.5 Å². The van der Waals surface area contributed by atoms with Crippen LogP contribution in [0.3, 0.4) is 0 Å². The summed E-state index contributed by atoms with van der Waals surface area (Å²) in [6, 6.07) is 4.80. The Morgan fingerprint density at radius 1 is 1.32 bits per heavy atom. The van der Waals surface area contributed by atoms with Crippen molar-refractivity contribution in [1.29, 1.82) is 0 Å². The molecule has 0 aliphatic carbocycles. The molecule has 1 aromatic rings. The van der Waals surface area contributed by atoms with Crippen molar-refractivity contribution in [2.24, 2.45) is 4.99 Å². The topological polar surface area (TPSA) is 62.7 Å². The van der Waals surface area contributed by atoms with Crippen LogP contribution < -0.4 is 10.6 Å². The molecule has 8 heteroatoms. The molecule has 2 N–H and O–H groups in total. The molecule has 0 radical (unpaired) electrons. The van der Waals surface area contributed by atoms with E-state index in [9.17, 15) is 9.18 Å². The van der Waals surface area contributed by atoms with Gasteiger partial charge in [-0.05, 0) is 43.4 Å². The van der Waals surface area contributed by atoms with E-state index >= 15 is 0 Å². The lowest BCUT2D eigenvalue weighted by Crippen LogP contribution is -2.38. The lowest BCUT2D eigenvalue weighted by Gasteiger charge is -2.14. The van der Waals surface area contributed by atoms with Gasteiger partial charge in [0.15, 0.2) is 5.96 Å². The maximum atomic E-state index is 13.4. The molecule has 0 fully saturated rings. The lowest BCUT2D eigenvalue weighted by atomic mass is 10.1. The van der Waals surface area contributed by atoms with E-state index in [2.05, 4.69) is 15.6 Å². The predicted molar refractivity (Wildman–Crippen MR) is 113 cm³/mol. The van der Waals surface area contributed by atoms with Crippen LogP contribution in [0.1, 0.15) is 31.4 Å². The van der Waals surface area contributed by atoms with Gasteiger partial charge in [0, 0.05) is 25.9 Å². The summed E-state index contributed by atoms with van der Waals surface area (Å²) in [5.41, 5.74) is 1.99. The number of aliphatic imine (C=N–C) groups is 1. The first-order chi connectivity index (χ1) is 11.5. The second-order valence-electron chi connectivity index (χ2n) is 5.49. The lowest BCUT2D eigenvalue weighted by molar-refractivity contribution is -0.147. The van der Waals surface area contributed by atoms with Gasteiger partial charge in [-0.3, -0.25) is 9.79 Å². The highest BCUT2D eigenvalue weighted by atomic mass is 127. The van der Waals surface area contributed by atoms with Crippen molar-refractivity contribution in [3.63, 3.8) is 0 Å². The minimum atomic E-state index is -0.242. The molecule has 0 heterocycles. The van der Waals surface area contributed by atoms with Crippen molar-refractivity contribution in [2.45, 2.75) is 38.7 Å². The number of ether oxygens (including phenoxy) is 1. The summed E-state index contributed by atoms with van der Waals surface area (Å²) in [6.45, 7) is 4.61. The van der Waals surface area contributed by atoms with Crippen LogP contribution >= 0.6 is 35.7 Å². The normalized spacial score (nSPS) is 11.0. The zero-order valence-corrected chi connectivity index (χ0v) is 18.2. The Labute approximate surface area is 170 Å². The SMILES string of the molecule is CN=C(NCCC(=O)OC(C)C)NCc1ccc(F)cc1CSC.I. The highest BCUT2D eigenvalue weighted by Gasteiger charge is 2.07. The zero-order valence-electron chi connectivity index (χ0n) is 15.1. The van der Waals surface area contributed by atoms with Crippen molar-refractivity contribution in [3.8, 4) is 0 Å². The van der Waals surface area contributed by atoms with E-state index in [1.54, 1.807) is 30.9 Å². The van der Waals surface area contributed by atoms with E-state index in [0.29, 0.717) is 19.0 Å². The molecule has 0 amide bonds. The number of nitrogens with one attached hydrogen (secondary N) is 2. The second-order valence-corrected chi connectivity index (χ2v) is 6.35. The summed E-state index contributed by atoms with van der Waals surface area (Å²) in [5.74, 6) is 0.872. The third-order valence-corrected chi connectivity index (χ3v) is 3.73. The first kappa shape index (κ1) is 24.0. The number of hydrogen-bond acceptors (Lipinski definition) is 4. The van der Waals surface area contributed by atoms with E-state index in [0.717, 1.165) is 16.9 Å². The summed E-state index contributed by atoms with van der Waals surface area (Å²) in [4.78, 5) is 15.6. The van der Waals surface area contributed by atoms with Crippen LogP contribution in [0.25, 0.3) is 0 Å². The molecule has 0 bridgehead atoms. The van der Waals surface area contributed by atoms with Crippen molar-refractivity contribution in [3.05, 3.63) is 35.1 Å². The standard InChI is InChI=1S/C17H26FN3O2S.HI/c1-12(2)23-16(22)7-8-20-17(19-3)21-10-13-5-6-15(18)9-14(13)11-24-4;/h5-6,9,12H,7-8,10-11H2,1-4H3,(H2,19,20,21);1H. The number of guanidine groups is 1. The van der Waals surface area contributed by atoms with E-state index < -0.39 is 0 Å². The molecule has 0 aliphatic heterocycles. The number of carbonyl (C=O) groups is 1. The Bertz CT molecular complexity index is 571. The molecule has 0 spiro atoms. The van der Waals surface area contributed by atoms with Gasteiger partial charge in [0.25, 0.3) is 0 Å². The predicted octanol–water partition coefficient (Wildman–Crippen LogP) is 3.31. The highest BCUT2D eigenvalue weighted by molar-refractivity contribution is 14.0. The fourth-order valence-electron chi connectivity index (χ4n) is 2.06. The third-order valence-electron chi connectivity index (χ3n) is 3.13. The monoisotopic (exact) mass is 483 g/mol. The van der Waals surface area contributed by atoms with Crippen LogP contribution in [-0.2, 0) is 21.8 Å². The summed E-state index contributed by atoms with van der Waals surface area (Å²) >= 11 is 1.65. The van der Waals surface area contributed by atoms with E-state index in [1.807, 2.05) is 20.1 Å². The van der Waals surface area contributed by atoms with Crippen LogP contribution in [-0.4, -0.2) is 37.9 Å². The van der Waals surface area contributed by atoms with Crippen LogP contribution in [0.15, 0.2) is 23.2 Å². The second kappa shape index (κ2) is 13.2. The summed E-state index contributed by atoms with van der Waals surface area (Å²) in [7, 11) is 1.66. The fourth-order valence-corrected chi connectivity index (χ4v) is 2.64. The van der Waals surface area contributed by atoms with Crippen molar-refractivity contribution < 1.29 is 13.9 Å². The van der Waals surface area contributed by atoms with Crippen molar-refractivity contribution >= 4 is 47.7 Å². The zero-order chi connectivity index (χ0) is 17.9. The quantitative estimate of drug-likeness (QED) is 0.257. The van der Waals surface area contributed by atoms with Crippen LogP contribution in [0.2, 0.25) is 0 Å². The van der Waals surface area contributed by atoms with Crippen molar-refractivity contribution in [1.82, 2.24) is 10.6 Å². The molecule has 0 atom stereocenters. The average Bonchev–Trinajstić information content (AvgIpc) is 2.51. The average molecular weight is 483 g/mol. The molecule has 1 rings (SSSR count). The van der Waals surface area contributed by atoms with Crippen LogP contribution in [0.5, 0.6) is 0 Å². The minimum absolute atomic E-state index is 0. The van der Waals surface area contributed by atoms with E-state index in [-0.39, 0.29) is 48.3 Å². The number of hydrogen-bond donors (Lipinski definition) is 2. The minimum Gasteiger partial charge on any atom is -0.463 e. The fraction of sp³-hybridized carbons (Fsp3) is 0.529. The van der Waals surface area contributed by atoms with E-state index in [4.69, 9.17) is 4.74 Å². The summed E-state index contributed by atoms with van der Waals surface area (Å²) < 4.78 is 18.4. The third kappa shape index (κ3) is 9.88. The number of nitrogens with zero attached hydrogens (tertiary/aromatic N) is 1. The Kier molecular flexibility index (Phi) is 12.7. The maximum Gasteiger partial charge on any atom is 0.307 e. The molecule has 25 heavy (non-hydrogen) atoms. The molecule has 1 aromatic carbocycles. The number of thioether (sulfide) groups is 1. The molecule has 0 unspecified atom stereocenters. The summed E-state index contributed by atoms with van der Waals surface area (Å²) in [5, 5.41) is 6.24. The molecule has 5 nitrogen and oxygen atoms in total. The van der Waals surface area contributed by atoms with Gasteiger partial charge in [0.1, 0.15) is 5.82 Å². The Morgan fingerprint density at radius 3 is 2.64 bits per heavy atom. The van der Waals surface area contributed by atoms with Gasteiger partial charge in [-0.15, -0.1) is 24.0 Å². The first-order valence-corrected chi connectivity index (χ1v) is 9.26.